The monoisotopic (exact) mass is 292 g/mol. The molecule has 0 spiro atoms. The molecule has 21 heavy (non-hydrogen) atoms. The highest BCUT2D eigenvalue weighted by Gasteiger charge is 2.25. The Labute approximate surface area is 125 Å². The lowest BCUT2D eigenvalue weighted by Gasteiger charge is -2.23. The van der Waals surface area contributed by atoms with Crippen molar-refractivity contribution in [2.75, 3.05) is 6.54 Å². The largest absolute Gasteiger partial charge is 0.481 e. The first-order valence-corrected chi connectivity index (χ1v) is 7.05. The number of aliphatic carboxylic acids is 1. The first kappa shape index (κ1) is 17.1. The predicted molar refractivity (Wildman–Crippen MR) is 81.2 cm³/mol. The van der Waals surface area contributed by atoms with Gasteiger partial charge in [-0.25, -0.2) is 0 Å². The molecule has 5 nitrogen and oxygen atoms in total. The third kappa shape index (κ3) is 5.53. The van der Waals surface area contributed by atoms with E-state index in [0.29, 0.717) is 17.7 Å². The molecule has 1 heterocycles. The van der Waals surface area contributed by atoms with Crippen molar-refractivity contribution in [1.82, 2.24) is 10.3 Å². The standard InChI is InChI=1S/C16H24N2O3/c1-10-6-7-13(11(2)18-10)14(19)17-9-12(15(20)21)8-16(3,4)5/h6-7,12H,8-9H2,1-5H3,(H,17,19)(H,20,21). The lowest BCUT2D eigenvalue weighted by atomic mass is 9.84. The second-order valence-corrected chi connectivity index (χ2v) is 6.60. The number of carbonyl (C=O) groups excluding carboxylic acids is 1. The van der Waals surface area contributed by atoms with E-state index in [2.05, 4.69) is 10.3 Å². The number of hydrogen-bond donors (Lipinski definition) is 2. The Morgan fingerprint density at radius 1 is 1.29 bits per heavy atom. The highest BCUT2D eigenvalue weighted by molar-refractivity contribution is 5.95. The highest BCUT2D eigenvalue weighted by Crippen LogP contribution is 2.24. The number of amides is 1. The fourth-order valence-corrected chi connectivity index (χ4v) is 2.22. The number of pyridine rings is 1. The fourth-order valence-electron chi connectivity index (χ4n) is 2.22. The van der Waals surface area contributed by atoms with Crippen molar-refractivity contribution >= 4 is 11.9 Å². The summed E-state index contributed by atoms with van der Waals surface area (Å²) >= 11 is 0. The van der Waals surface area contributed by atoms with Gasteiger partial charge in [0.15, 0.2) is 0 Å². The Kier molecular flexibility index (Phi) is 5.47. The van der Waals surface area contributed by atoms with Crippen LogP contribution in [0.1, 0.15) is 48.9 Å². The number of carbonyl (C=O) groups is 2. The minimum atomic E-state index is -0.885. The van der Waals surface area contributed by atoms with Crippen LogP contribution < -0.4 is 5.32 Å². The maximum Gasteiger partial charge on any atom is 0.308 e. The predicted octanol–water partition coefficient (Wildman–Crippen LogP) is 2.57. The maximum absolute atomic E-state index is 12.1. The van der Waals surface area contributed by atoms with Crippen molar-refractivity contribution in [3.8, 4) is 0 Å². The van der Waals surface area contributed by atoms with Crippen LogP contribution in [0.5, 0.6) is 0 Å². The first-order chi connectivity index (χ1) is 9.60. The molecule has 1 unspecified atom stereocenters. The van der Waals surface area contributed by atoms with Gasteiger partial charge in [0, 0.05) is 12.2 Å². The van der Waals surface area contributed by atoms with Gasteiger partial charge in [0.2, 0.25) is 0 Å². The number of carboxylic acids is 1. The van der Waals surface area contributed by atoms with Crippen LogP contribution in [0.25, 0.3) is 0 Å². The van der Waals surface area contributed by atoms with Crippen molar-refractivity contribution in [3.05, 3.63) is 29.1 Å². The molecule has 1 rings (SSSR count). The van der Waals surface area contributed by atoms with Crippen molar-refractivity contribution in [3.63, 3.8) is 0 Å². The molecule has 0 aliphatic heterocycles. The van der Waals surface area contributed by atoms with E-state index in [1.807, 2.05) is 27.7 Å². The van der Waals surface area contributed by atoms with Gasteiger partial charge in [-0.05, 0) is 37.8 Å². The fraction of sp³-hybridized carbons (Fsp3) is 0.562. The summed E-state index contributed by atoms with van der Waals surface area (Å²) in [6.45, 7) is 9.71. The summed E-state index contributed by atoms with van der Waals surface area (Å²) < 4.78 is 0. The summed E-state index contributed by atoms with van der Waals surface area (Å²) in [5.41, 5.74) is 1.88. The van der Waals surface area contributed by atoms with Gasteiger partial charge in [-0.2, -0.15) is 0 Å². The van der Waals surface area contributed by atoms with Gasteiger partial charge >= 0.3 is 5.97 Å². The van der Waals surface area contributed by atoms with Crippen LogP contribution in [0, 0.1) is 25.2 Å². The van der Waals surface area contributed by atoms with Crippen LogP contribution in [0.3, 0.4) is 0 Å². The SMILES string of the molecule is Cc1ccc(C(=O)NCC(CC(C)(C)C)C(=O)O)c(C)n1. The average molecular weight is 292 g/mol. The number of rotatable bonds is 5. The third-order valence-electron chi connectivity index (χ3n) is 3.19. The molecule has 5 heteroatoms. The third-order valence-corrected chi connectivity index (χ3v) is 3.19. The maximum atomic E-state index is 12.1. The van der Waals surface area contributed by atoms with E-state index < -0.39 is 11.9 Å². The smallest absolute Gasteiger partial charge is 0.308 e. The Morgan fingerprint density at radius 3 is 2.38 bits per heavy atom. The molecular formula is C16H24N2O3. The molecule has 1 atom stereocenters. The Balaban J connectivity index is 2.71. The Bertz CT molecular complexity index is 533. The number of aryl methyl sites for hydroxylation is 2. The summed E-state index contributed by atoms with van der Waals surface area (Å²) in [7, 11) is 0. The number of nitrogens with one attached hydrogen (secondary N) is 1. The molecule has 0 aliphatic carbocycles. The summed E-state index contributed by atoms with van der Waals surface area (Å²) in [6, 6.07) is 3.48. The number of nitrogens with zero attached hydrogens (tertiary/aromatic N) is 1. The zero-order chi connectivity index (χ0) is 16.2. The molecule has 0 fully saturated rings. The van der Waals surface area contributed by atoms with Crippen molar-refractivity contribution in [1.29, 1.82) is 0 Å². The molecule has 0 saturated carbocycles. The van der Waals surface area contributed by atoms with Crippen LogP contribution in [-0.2, 0) is 4.79 Å². The molecule has 1 aromatic rings. The topological polar surface area (TPSA) is 79.3 Å². The van der Waals surface area contributed by atoms with Gasteiger partial charge in [-0.15, -0.1) is 0 Å². The van der Waals surface area contributed by atoms with Crippen LogP contribution in [0.2, 0.25) is 0 Å². The molecule has 1 aromatic heterocycles. The molecular weight excluding hydrogens is 268 g/mol. The van der Waals surface area contributed by atoms with Crippen LogP contribution in [0.4, 0.5) is 0 Å². The first-order valence-electron chi connectivity index (χ1n) is 7.05. The van der Waals surface area contributed by atoms with Gasteiger partial charge in [-0.3, -0.25) is 14.6 Å². The van der Waals surface area contributed by atoms with Crippen molar-refractivity contribution in [2.45, 2.75) is 41.0 Å². The van der Waals surface area contributed by atoms with E-state index in [9.17, 15) is 14.7 Å². The average Bonchev–Trinajstić information content (AvgIpc) is 2.32. The summed E-state index contributed by atoms with van der Waals surface area (Å²) in [5, 5.41) is 12.0. The number of hydrogen-bond acceptors (Lipinski definition) is 3. The van der Waals surface area contributed by atoms with E-state index in [1.165, 1.54) is 0 Å². The van der Waals surface area contributed by atoms with Crippen LogP contribution in [-0.4, -0.2) is 28.5 Å². The molecule has 0 aliphatic rings. The molecule has 0 saturated heterocycles. The molecule has 2 N–H and O–H groups in total. The molecule has 1 amide bonds. The Morgan fingerprint density at radius 2 is 1.90 bits per heavy atom. The highest BCUT2D eigenvalue weighted by atomic mass is 16.4. The molecule has 0 bridgehead atoms. The molecule has 0 aromatic carbocycles. The minimum Gasteiger partial charge on any atom is -0.481 e. The van der Waals surface area contributed by atoms with Crippen molar-refractivity contribution < 1.29 is 14.7 Å². The van der Waals surface area contributed by atoms with Crippen LogP contribution >= 0.6 is 0 Å². The van der Waals surface area contributed by atoms with Gasteiger partial charge in [-0.1, -0.05) is 20.8 Å². The van der Waals surface area contributed by atoms with Gasteiger partial charge in [0.05, 0.1) is 17.2 Å². The number of aromatic nitrogens is 1. The molecule has 116 valence electrons. The van der Waals surface area contributed by atoms with Gasteiger partial charge in [0.1, 0.15) is 0 Å². The summed E-state index contributed by atoms with van der Waals surface area (Å²) in [5.74, 6) is -1.75. The van der Waals surface area contributed by atoms with E-state index in [0.717, 1.165) is 5.69 Å². The van der Waals surface area contributed by atoms with E-state index in [4.69, 9.17) is 0 Å². The lowest BCUT2D eigenvalue weighted by molar-refractivity contribution is -0.142. The quantitative estimate of drug-likeness (QED) is 0.874. The number of carboxylic acid groups (broad SMARTS) is 1. The van der Waals surface area contributed by atoms with Gasteiger partial charge < -0.3 is 10.4 Å². The second kappa shape index (κ2) is 6.70. The lowest BCUT2D eigenvalue weighted by Crippen LogP contribution is -2.35. The summed E-state index contributed by atoms with van der Waals surface area (Å²) in [6.07, 6.45) is 0.508. The van der Waals surface area contributed by atoms with Crippen LogP contribution in [0.15, 0.2) is 12.1 Å². The normalized spacial score (nSPS) is 12.8. The van der Waals surface area contributed by atoms with E-state index >= 15 is 0 Å². The minimum absolute atomic E-state index is 0.102. The van der Waals surface area contributed by atoms with E-state index in [1.54, 1.807) is 19.1 Å². The second-order valence-electron chi connectivity index (χ2n) is 6.60. The van der Waals surface area contributed by atoms with E-state index in [-0.39, 0.29) is 17.9 Å². The zero-order valence-electron chi connectivity index (χ0n) is 13.4. The Hall–Kier alpha value is -1.91. The molecule has 0 radical (unpaired) electrons. The van der Waals surface area contributed by atoms with Gasteiger partial charge in [0.25, 0.3) is 5.91 Å². The van der Waals surface area contributed by atoms with Crippen molar-refractivity contribution in [2.24, 2.45) is 11.3 Å². The summed E-state index contributed by atoms with van der Waals surface area (Å²) in [4.78, 5) is 27.6. The zero-order valence-corrected chi connectivity index (χ0v) is 13.4.